The molecule has 0 spiro atoms. The molecule has 0 N–H and O–H groups in total. The average molecular weight is 194 g/mol. The Morgan fingerprint density at radius 3 is 2.86 bits per heavy atom. The van der Waals surface area contributed by atoms with Crippen LogP contribution in [0.5, 0.6) is 0 Å². The lowest BCUT2D eigenvalue weighted by Gasteiger charge is -2.25. The lowest BCUT2D eigenvalue weighted by atomic mass is 10.2. The Kier molecular flexibility index (Phi) is 3.24. The Morgan fingerprint density at radius 1 is 1.29 bits per heavy atom. The number of hydrogen-bond acceptors (Lipinski definition) is 2. The summed E-state index contributed by atoms with van der Waals surface area (Å²) in [4.78, 5) is 5.26. The molecule has 0 bridgehead atoms. The van der Waals surface area contributed by atoms with Crippen molar-refractivity contribution in [2.45, 2.75) is 32.2 Å². The molecule has 0 aromatic carbocycles. The van der Waals surface area contributed by atoms with Gasteiger partial charge < -0.3 is 0 Å². The molecule has 0 amide bonds. The second-order valence-electron chi connectivity index (χ2n) is 4.88. The summed E-state index contributed by atoms with van der Waals surface area (Å²) in [6.45, 7) is 12.4. The summed E-state index contributed by atoms with van der Waals surface area (Å²) in [5.74, 6) is 0. The zero-order valence-electron chi connectivity index (χ0n) is 9.34. The van der Waals surface area contributed by atoms with E-state index in [0.29, 0.717) is 0 Å². The summed E-state index contributed by atoms with van der Waals surface area (Å²) in [6, 6.07) is 0.844. The molecule has 2 nitrogen and oxygen atoms in total. The molecule has 0 aromatic heterocycles. The second kappa shape index (κ2) is 4.45. The highest BCUT2D eigenvalue weighted by atomic mass is 15.3. The minimum absolute atomic E-state index is 0.844. The lowest BCUT2D eigenvalue weighted by molar-refractivity contribution is 0.229. The van der Waals surface area contributed by atoms with E-state index in [9.17, 15) is 0 Å². The first-order valence-electron chi connectivity index (χ1n) is 5.86. The molecule has 2 heteroatoms. The van der Waals surface area contributed by atoms with E-state index >= 15 is 0 Å². The van der Waals surface area contributed by atoms with Crippen molar-refractivity contribution >= 4 is 0 Å². The van der Waals surface area contributed by atoms with Crippen molar-refractivity contribution in [3.8, 4) is 0 Å². The van der Waals surface area contributed by atoms with E-state index in [1.54, 1.807) is 0 Å². The van der Waals surface area contributed by atoms with E-state index < -0.39 is 0 Å². The predicted molar refractivity (Wildman–Crippen MR) is 60.5 cm³/mol. The number of rotatable bonds is 2. The first kappa shape index (κ1) is 10.2. The molecule has 2 aliphatic heterocycles. The summed E-state index contributed by atoms with van der Waals surface area (Å²) in [7, 11) is 0. The maximum absolute atomic E-state index is 4.01. The zero-order chi connectivity index (χ0) is 9.97. The Labute approximate surface area is 87.6 Å². The highest BCUT2D eigenvalue weighted by molar-refractivity contribution is 4.94. The Balaban J connectivity index is 1.91. The maximum Gasteiger partial charge on any atom is 0.0223 e. The van der Waals surface area contributed by atoms with E-state index in [-0.39, 0.29) is 0 Å². The molecule has 2 saturated heterocycles. The Bertz CT molecular complexity index is 212. The summed E-state index contributed by atoms with van der Waals surface area (Å²) in [6.07, 6.45) is 4.15. The van der Waals surface area contributed by atoms with Crippen LogP contribution >= 0.6 is 0 Å². The fourth-order valence-electron chi connectivity index (χ4n) is 2.81. The topological polar surface area (TPSA) is 6.48 Å². The second-order valence-corrected chi connectivity index (χ2v) is 4.88. The molecule has 0 aromatic rings. The van der Waals surface area contributed by atoms with E-state index in [0.717, 1.165) is 12.6 Å². The van der Waals surface area contributed by atoms with Gasteiger partial charge in [0.25, 0.3) is 0 Å². The van der Waals surface area contributed by atoms with Crippen molar-refractivity contribution in [3.63, 3.8) is 0 Å². The third-order valence-corrected chi connectivity index (χ3v) is 3.38. The Hall–Kier alpha value is -0.340. The molecule has 2 rings (SSSR count). The van der Waals surface area contributed by atoms with Crippen LogP contribution in [0.3, 0.4) is 0 Å². The van der Waals surface area contributed by atoms with Gasteiger partial charge in [-0.25, -0.2) is 0 Å². The average Bonchev–Trinajstić information content (AvgIpc) is 2.44. The van der Waals surface area contributed by atoms with Crippen molar-refractivity contribution in [2.24, 2.45) is 0 Å². The highest BCUT2D eigenvalue weighted by Crippen LogP contribution is 2.21. The van der Waals surface area contributed by atoms with Gasteiger partial charge in [0.1, 0.15) is 0 Å². The van der Waals surface area contributed by atoms with E-state index in [1.807, 2.05) is 0 Å². The fourth-order valence-corrected chi connectivity index (χ4v) is 2.81. The largest absolute Gasteiger partial charge is 0.299 e. The van der Waals surface area contributed by atoms with Crippen molar-refractivity contribution in [3.05, 3.63) is 12.2 Å². The zero-order valence-corrected chi connectivity index (χ0v) is 9.34. The molecule has 0 radical (unpaired) electrons. The molecular weight excluding hydrogens is 172 g/mol. The summed E-state index contributed by atoms with van der Waals surface area (Å²) >= 11 is 0. The van der Waals surface area contributed by atoms with Crippen molar-refractivity contribution in [1.82, 2.24) is 9.80 Å². The quantitative estimate of drug-likeness (QED) is 0.618. The van der Waals surface area contributed by atoms with Gasteiger partial charge in [0.05, 0.1) is 0 Å². The molecule has 2 aliphatic rings. The van der Waals surface area contributed by atoms with E-state index in [4.69, 9.17) is 0 Å². The fraction of sp³-hybridized carbons (Fsp3) is 0.833. The SMILES string of the molecule is C=C(C)CN1CCCN2CCCC2C1. The van der Waals surface area contributed by atoms with Crippen LogP contribution in [0.15, 0.2) is 12.2 Å². The smallest absolute Gasteiger partial charge is 0.0223 e. The third kappa shape index (κ3) is 2.37. The standard InChI is InChI=1S/C12H22N2/c1-11(2)9-13-6-4-8-14-7-3-5-12(14)10-13/h12H,1,3-10H2,2H3. The number of nitrogens with zero attached hydrogens (tertiary/aromatic N) is 2. The Morgan fingerprint density at radius 2 is 2.07 bits per heavy atom. The molecule has 1 unspecified atom stereocenters. The first-order chi connectivity index (χ1) is 6.75. The van der Waals surface area contributed by atoms with Gasteiger partial charge in [0, 0.05) is 19.1 Å². The normalized spacial score (nSPS) is 29.9. The summed E-state index contributed by atoms with van der Waals surface area (Å²) in [5.41, 5.74) is 1.30. The van der Waals surface area contributed by atoms with Crippen LogP contribution < -0.4 is 0 Å². The van der Waals surface area contributed by atoms with Crippen molar-refractivity contribution in [2.75, 3.05) is 32.7 Å². The van der Waals surface area contributed by atoms with Crippen LogP contribution in [0.4, 0.5) is 0 Å². The third-order valence-electron chi connectivity index (χ3n) is 3.38. The predicted octanol–water partition coefficient (Wildman–Crippen LogP) is 1.73. The van der Waals surface area contributed by atoms with Crippen molar-refractivity contribution in [1.29, 1.82) is 0 Å². The van der Waals surface area contributed by atoms with Crippen LogP contribution in [0.2, 0.25) is 0 Å². The molecule has 80 valence electrons. The number of hydrogen-bond donors (Lipinski definition) is 0. The van der Waals surface area contributed by atoms with Gasteiger partial charge in [0.15, 0.2) is 0 Å². The molecule has 1 atom stereocenters. The molecular formula is C12H22N2. The maximum atomic E-state index is 4.01. The van der Waals surface area contributed by atoms with Gasteiger partial charge in [-0.05, 0) is 45.8 Å². The van der Waals surface area contributed by atoms with E-state index in [1.165, 1.54) is 51.0 Å². The minimum atomic E-state index is 0.844. The summed E-state index contributed by atoms with van der Waals surface area (Å²) in [5, 5.41) is 0. The first-order valence-corrected chi connectivity index (χ1v) is 5.86. The minimum Gasteiger partial charge on any atom is -0.299 e. The van der Waals surface area contributed by atoms with Crippen LogP contribution in [0.1, 0.15) is 26.2 Å². The molecule has 2 fully saturated rings. The molecule has 0 saturated carbocycles. The van der Waals surface area contributed by atoms with Gasteiger partial charge in [-0.1, -0.05) is 12.2 Å². The van der Waals surface area contributed by atoms with Crippen LogP contribution in [0.25, 0.3) is 0 Å². The van der Waals surface area contributed by atoms with E-state index in [2.05, 4.69) is 23.3 Å². The number of fused-ring (bicyclic) bond motifs is 1. The van der Waals surface area contributed by atoms with Crippen LogP contribution in [-0.4, -0.2) is 48.6 Å². The van der Waals surface area contributed by atoms with Gasteiger partial charge in [-0.2, -0.15) is 0 Å². The van der Waals surface area contributed by atoms with Gasteiger partial charge in [-0.15, -0.1) is 0 Å². The van der Waals surface area contributed by atoms with Crippen molar-refractivity contribution < 1.29 is 0 Å². The van der Waals surface area contributed by atoms with Crippen LogP contribution in [-0.2, 0) is 0 Å². The lowest BCUT2D eigenvalue weighted by Crippen LogP contribution is -2.37. The molecule has 2 heterocycles. The van der Waals surface area contributed by atoms with Gasteiger partial charge in [0.2, 0.25) is 0 Å². The summed E-state index contributed by atoms with van der Waals surface area (Å²) < 4.78 is 0. The highest BCUT2D eigenvalue weighted by Gasteiger charge is 2.28. The van der Waals surface area contributed by atoms with Crippen LogP contribution in [0, 0.1) is 0 Å². The van der Waals surface area contributed by atoms with Gasteiger partial charge in [-0.3, -0.25) is 9.80 Å². The van der Waals surface area contributed by atoms with Gasteiger partial charge >= 0.3 is 0 Å². The monoisotopic (exact) mass is 194 g/mol. The molecule has 14 heavy (non-hydrogen) atoms. The molecule has 0 aliphatic carbocycles.